The van der Waals surface area contributed by atoms with Crippen molar-refractivity contribution in [1.29, 1.82) is 0 Å². The van der Waals surface area contributed by atoms with E-state index in [4.69, 9.17) is 5.73 Å². The quantitative estimate of drug-likeness (QED) is 0.103. The molecule has 12 nitrogen and oxygen atoms in total. The van der Waals surface area contributed by atoms with Crippen LogP contribution in [0.1, 0.15) is 23.6 Å². The van der Waals surface area contributed by atoms with E-state index in [0.29, 0.717) is 5.56 Å². The summed E-state index contributed by atoms with van der Waals surface area (Å²) < 4.78 is 0. The van der Waals surface area contributed by atoms with Gasteiger partial charge in [-0.1, -0.05) is 78.9 Å². The Morgan fingerprint density at radius 2 is 1.17 bits per heavy atom. The SMILES string of the molecule is CC(NC(=O)CN)C(=O)NC(Cc1ccccc1)C(=O)NC(Cc1ccccc1)C(=O)NC(Cc1c[nH]c2ccccc12)C(=O)O. The number of benzene rings is 3. The molecule has 0 aliphatic rings. The van der Waals surface area contributed by atoms with Crippen LogP contribution in [0.2, 0.25) is 0 Å². The third-order valence-corrected chi connectivity index (χ3v) is 7.50. The molecule has 12 heteroatoms. The number of amides is 4. The minimum absolute atomic E-state index is 0.0101. The second-order valence-electron chi connectivity index (χ2n) is 11.0. The van der Waals surface area contributed by atoms with Gasteiger partial charge in [0.2, 0.25) is 23.6 Å². The number of hydrogen-bond donors (Lipinski definition) is 7. The number of fused-ring (bicyclic) bond motifs is 1. The van der Waals surface area contributed by atoms with Gasteiger partial charge in [-0.05, 0) is 29.7 Å². The van der Waals surface area contributed by atoms with Crippen molar-refractivity contribution < 1.29 is 29.1 Å². The maximum atomic E-state index is 13.8. The summed E-state index contributed by atoms with van der Waals surface area (Å²) in [7, 11) is 0. The second-order valence-corrected chi connectivity index (χ2v) is 11.0. The average molecular weight is 627 g/mol. The van der Waals surface area contributed by atoms with E-state index >= 15 is 0 Å². The lowest BCUT2D eigenvalue weighted by atomic mass is 10.0. The van der Waals surface area contributed by atoms with Gasteiger partial charge in [-0.3, -0.25) is 19.2 Å². The fourth-order valence-electron chi connectivity index (χ4n) is 5.05. The maximum Gasteiger partial charge on any atom is 0.326 e. The zero-order chi connectivity index (χ0) is 33.1. The molecule has 4 aromatic rings. The Morgan fingerprint density at radius 1 is 0.674 bits per heavy atom. The van der Waals surface area contributed by atoms with Crippen molar-refractivity contribution in [2.24, 2.45) is 5.73 Å². The number of nitrogens with two attached hydrogens (primary N) is 1. The topological polar surface area (TPSA) is 196 Å². The van der Waals surface area contributed by atoms with Gasteiger partial charge in [0.1, 0.15) is 24.2 Å². The molecule has 0 saturated carbocycles. The van der Waals surface area contributed by atoms with Crippen molar-refractivity contribution in [3.8, 4) is 0 Å². The van der Waals surface area contributed by atoms with Crippen molar-refractivity contribution in [1.82, 2.24) is 26.3 Å². The van der Waals surface area contributed by atoms with Crippen molar-refractivity contribution in [3.05, 3.63) is 108 Å². The van der Waals surface area contributed by atoms with E-state index in [-0.39, 0.29) is 25.8 Å². The summed E-state index contributed by atoms with van der Waals surface area (Å²) in [5, 5.41) is 21.4. The molecule has 240 valence electrons. The molecule has 46 heavy (non-hydrogen) atoms. The molecular formula is C34H38N6O6. The standard InChI is InChI=1S/C34H38N6O6/c1-21(37-30(41)19-35)31(42)38-27(16-22-10-4-2-5-11-22)32(43)39-28(17-23-12-6-3-7-13-23)33(44)40-29(34(45)46)18-24-20-36-26-15-9-8-14-25(24)26/h2-15,20-21,27-29,36H,16-19,35H2,1H3,(H,37,41)(H,38,42)(H,39,43)(H,40,44)(H,45,46). The molecule has 0 radical (unpaired) electrons. The number of aromatic amines is 1. The van der Waals surface area contributed by atoms with Gasteiger partial charge in [-0.25, -0.2) is 4.79 Å². The monoisotopic (exact) mass is 626 g/mol. The number of carboxylic acid groups (broad SMARTS) is 1. The Balaban J connectivity index is 1.56. The Bertz CT molecular complexity index is 1660. The van der Waals surface area contributed by atoms with Crippen LogP contribution >= 0.6 is 0 Å². The first-order valence-electron chi connectivity index (χ1n) is 14.9. The Morgan fingerprint density at radius 3 is 1.72 bits per heavy atom. The first-order valence-corrected chi connectivity index (χ1v) is 14.9. The number of aliphatic carboxylic acids is 1. The minimum atomic E-state index is -1.28. The van der Waals surface area contributed by atoms with Crippen LogP contribution in [0.15, 0.2) is 91.1 Å². The van der Waals surface area contributed by atoms with Crippen LogP contribution in [-0.4, -0.2) is 70.4 Å². The summed E-state index contributed by atoms with van der Waals surface area (Å²) in [6.07, 6.45) is 1.88. The zero-order valence-corrected chi connectivity index (χ0v) is 25.4. The number of aromatic nitrogens is 1. The first-order chi connectivity index (χ1) is 22.1. The fraction of sp³-hybridized carbons (Fsp3) is 0.265. The molecule has 0 bridgehead atoms. The Hall–Kier alpha value is -5.49. The van der Waals surface area contributed by atoms with Gasteiger partial charge in [0.25, 0.3) is 0 Å². The number of carbonyl (C=O) groups excluding carboxylic acids is 4. The predicted molar refractivity (Wildman–Crippen MR) is 172 cm³/mol. The van der Waals surface area contributed by atoms with E-state index in [2.05, 4.69) is 26.3 Å². The molecule has 4 amide bonds. The fourth-order valence-corrected chi connectivity index (χ4v) is 5.05. The number of carboxylic acids is 1. The summed E-state index contributed by atoms with van der Waals surface area (Å²) in [5.41, 5.74) is 8.38. The van der Waals surface area contributed by atoms with Crippen molar-refractivity contribution in [2.75, 3.05) is 6.54 Å². The smallest absolute Gasteiger partial charge is 0.326 e. The summed E-state index contributed by atoms with van der Waals surface area (Å²) in [6.45, 7) is 1.16. The van der Waals surface area contributed by atoms with Gasteiger partial charge >= 0.3 is 5.97 Å². The molecule has 4 atom stereocenters. The van der Waals surface area contributed by atoms with Crippen molar-refractivity contribution in [3.63, 3.8) is 0 Å². The van der Waals surface area contributed by atoms with Crippen LogP contribution < -0.4 is 27.0 Å². The van der Waals surface area contributed by atoms with Crippen LogP contribution in [0.5, 0.6) is 0 Å². The molecule has 0 spiro atoms. The van der Waals surface area contributed by atoms with E-state index in [1.54, 1.807) is 54.7 Å². The van der Waals surface area contributed by atoms with E-state index < -0.39 is 53.8 Å². The molecule has 0 fully saturated rings. The number of H-pyrrole nitrogens is 1. The van der Waals surface area contributed by atoms with Gasteiger partial charge in [0.15, 0.2) is 0 Å². The lowest BCUT2D eigenvalue weighted by Gasteiger charge is -2.25. The number of nitrogens with one attached hydrogen (secondary N) is 5. The highest BCUT2D eigenvalue weighted by atomic mass is 16.4. The van der Waals surface area contributed by atoms with Crippen molar-refractivity contribution in [2.45, 2.75) is 50.4 Å². The largest absolute Gasteiger partial charge is 0.480 e. The summed E-state index contributed by atoms with van der Waals surface area (Å²) in [4.78, 5) is 67.6. The Kier molecular flexibility index (Phi) is 11.6. The molecule has 3 aromatic carbocycles. The Labute approximate surface area is 266 Å². The average Bonchev–Trinajstić information content (AvgIpc) is 3.47. The van der Waals surface area contributed by atoms with Crippen LogP contribution in [0.4, 0.5) is 0 Å². The predicted octanol–water partition coefficient (Wildman–Crippen LogP) is 1.20. The van der Waals surface area contributed by atoms with Gasteiger partial charge in [-0.15, -0.1) is 0 Å². The third-order valence-electron chi connectivity index (χ3n) is 7.50. The second kappa shape index (κ2) is 16.0. The summed E-state index contributed by atoms with van der Waals surface area (Å²) >= 11 is 0. The molecule has 8 N–H and O–H groups in total. The molecule has 0 aliphatic carbocycles. The molecule has 4 unspecified atom stereocenters. The van der Waals surface area contributed by atoms with Crippen LogP contribution in [0.3, 0.4) is 0 Å². The van der Waals surface area contributed by atoms with E-state index in [1.165, 1.54) is 6.92 Å². The van der Waals surface area contributed by atoms with Crippen LogP contribution in [0, 0.1) is 0 Å². The molecular weight excluding hydrogens is 588 g/mol. The molecule has 1 aromatic heterocycles. The first kappa shape index (κ1) is 33.4. The molecule has 1 heterocycles. The third kappa shape index (κ3) is 9.26. The normalized spacial score (nSPS) is 13.5. The maximum absolute atomic E-state index is 13.8. The van der Waals surface area contributed by atoms with Crippen molar-refractivity contribution >= 4 is 40.5 Å². The highest BCUT2D eigenvalue weighted by molar-refractivity contribution is 5.95. The number of para-hydroxylation sites is 1. The lowest BCUT2D eigenvalue weighted by Crippen LogP contribution is -2.58. The van der Waals surface area contributed by atoms with E-state index in [0.717, 1.165) is 22.0 Å². The van der Waals surface area contributed by atoms with Gasteiger partial charge in [0, 0.05) is 36.4 Å². The number of rotatable bonds is 15. The van der Waals surface area contributed by atoms with Gasteiger partial charge in [-0.2, -0.15) is 0 Å². The molecule has 4 rings (SSSR count). The molecule has 0 aliphatic heterocycles. The highest BCUT2D eigenvalue weighted by Crippen LogP contribution is 2.19. The number of carbonyl (C=O) groups is 5. The molecule has 0 saturated heterocycles. The van der Waals surface area contributed by atoms with Crippen LogP contribution in [0.25, 0.3) is 10.9 Å². The number of hydrogen-bond acceptors (Lipinski definition) is 6. The summed E-state index contributed by atoms with van der Waals surface area (Å²) in [6, 6.07) is 20.8. The zero-order valence-electron chi connectivity index (χ0n) is 25.4. The van der Waals surface area contributed by atoms with Gasteiger partial charge in [0.05, 0.1) is 6.54 Å². The lowest BCUT2D eigenvalue weighted by molar-refractivity contribution is -0.142. The minimum Gasteiger partial charge on any atom is -0.480 e. The van der Waals surface area contributed by atoms with E-state index in [9.17, 15) is 29.1 Å². The highest BCUT2D eigenvalue weighted by Gasteiger charge is 2.31. The van der Waals surface area contributed by atoms with E-state index in [1.807, 2.05) is 36.4 Å². The summed E-state index contributed by atoms with van der Waals surface area (Å²) in [5.74, 6) is -3.74. The van der Waals surface area contributed by atoms with Crippen LogP contribution in [-0.2, 0) is 43.2 Å². The van der Waals surface area contributed by atoms with Gasteiger partial charge < -0.3 is 37.1 Å².